The predicted octanol–water partition coefficient (Wildman–Crippen LogP) is 3.65. The summed E-state index contributed by atoms with van der Waals surface area (Å²) in [7, 11) is 0. The molecular weight excluding hydrogens is 215 g/mol. The van der Waals surface area contributed by atoms with Crippen LogP contribution in [0.3, 0.4) is 0 Å². The lowest BCUT2D eigenvalue weighted by Crippen LogP contribution is -2.16. The van der Waals surface area contributed by atoms with Crippen LogP contribution >= 0.6 is 0 Å². The molecule has 0 amide bonds. The van der Waals surface area contributed by atoms with E-state index in [9.17, 15) is 13.2 Å². The van der Waals surface area contributed by atoms with Crippen LogP contribution in [0.2, 0.25) is 0 Å². The van der Waals surface area contributed by atoms with Crippen molar-refractivity contribution in [3.05, 3.63) is 34.9 Å². The monoisotopic (exact) mass is 231 g/mol. The Morgan fingerprint density at radius 2 is 1.88 bits per heavy atom. The number of benzene rings is 1. The molecule has 1 unspecified atom stereocenters. The minimum atomic E-state index is -4.13. The quantitative estimate of drug-likeness (QED) is 0.844. The first-order valence-electron chi connectivity index (χ1n) is 5.19. The Bertz CT molecular complexity index is 358. The summed E-state index contributed by atoms with van der Waals surface area (Å²) < 4.78 is 36.2. The molecule has 1 atom stereocenters. The molecule has 16 heavy (non-hydrogen) atoms. The van der Waals surface area contributed by atoms with E-state index in [2.05, 4.69) is 0 Å². The van der Waals surface area contributed by atoms with Crippen molar-refractivity contribution in [1.29, 1.82) is 0 Å². The van der Waals surface area contributed by atoms with E-state index in [1.54, 1.807) is 0 Å². The Labute approximate surface area is 93.5 Å². The smallest absolute Gasteiger partial charge is 0.324 e. The average Bonchev–Trinajstić information content (AvgIpc) is 2.17. The van der Waals surface area contributed by atoms with Crippen LogP contribution in [0.15, 0.2) is 18.2 Å². The SMILES string of the molecule is Cc1ccc(C)c(C(N)CCC(F)(F)F)c1. The van der Waals surface area contributed by atoms with Crippen LogP contribution in [0.25, 0.3) is 0 Å². The lowest BCUT2D eigenvalue weighted by molar-refractivity contribution is -0.136. The van der Waals surface area contributed by atoms with E-state index in [-0.39, 0.29) is 6.42 Å². The molecule has 0 saturated carbocycles. The van der Waals surface area contributed by atoms with Gasteiger partial charge in [-0.2, -0.15) is 13.2 Å². The van der Waals surface area contributed by atoms with Crippen LogP contribution in [0, 0.1) is 13.8 Å². The van der Waals surface area contributed by atoms with Crippen molar-refractivity contribution in [3.8, 4) is 0 Å². The number of aryl methyl sites for hydroxylation is 2. The Kier molecular flexibility index (Phi) is 3.97. The highest BCUT2D eigenvalue weighted by molar-refractivity contribution is 5.32. The average molecular weight is 231 g/mol. The number of nitrogens with two attached hydrogens (primary N) is 1. The fraction of sp³-hybridized carbons (Fsp3) is 0.500. The van der Waals surface area contributed by atoms with Crippen LogP contribution < -0.4 is 5.73 Å². The van der Waals surface area contributed by atoms with Crippen LogP contribution in [-0.2, 0) is 0 Å². The van der Waals surface area contributed by atoms with Gasteiger partial charge in [0, 0.05) is 12.5 Å². The third-order valence-corrected chi connectivity index (χ3v) is 2.57. The van der Waals surface area contributed by atoms with Crippen LogP contribution in [-0.4, -0.2) is 6.18 Å². The lowest BCUT2D eigenvalue weighted by Gasteiger charge is -2.16. The van der Waals surface area contributed by atoms with Gasteiger partial charge in [0.05, 0.1) is 0 Å². The Morgan fingerprint density at radius 1 is 1.25 bits per heavy atom. The molecule has 0 aliphatic rings. The van der Waals surface area contributed by atoms with Gasteiger partial charge in [-0.25, -0.2) is 0 Å². The summed E-state index contributed by atoms with van der Waals surface area (Å²) in [6, 6.07) is 5.13. The molecule has 0 saturated heterocycles. The summed E-state index contributed by atoms with van der Waals surface area (Å²) >= 11 is 0. The lowest BCUT2D eigenvalue weighted by atomic mass is 9.96. The van der Waals surface area contributed by atoms with E-state index in [4.69, 9.17) is 5.73 Å². The van der Waals surface area contributed by atoms with Gasteiger partial charge >= 0.3 is 6.18 Å². The Hall–Kier alpha value is -1.03. The first-order valence-corrected chi connectivity index (χ1v) is 5.19. The molecule has 2 N–H and O–H groups in total. The van der Waals surface area contributed by atoms with E-state index in [1.165, 1.54) is 0 Å². The number of rotatable bonds is 3. The highest BCUT2D eigenvalue weighted by atomic mass is 19.4. The van der Waals surface area contributed by atoms with E-state index in [0.717, 1.165) is 16.7 Å². The van der Waals surface area contributed by atoms with Crippen molar-refractivity contribution in [2.45, 2.75) is 38.9 Å². The van der Waals surface area contributed by atoms with Crippen molar-refractivity contribution >= 4 is 0 Å². The van der Waals surface area contributed by atoms with E-state index in [1.807, 2.05) is 32.0 Å². The molecule has 0 fully saturated rings. The van der Waals surface area contributed by atoms with E-state index >= 15 is 0 Å². The number of hydrogen-bond acceptors (Lipinski definition) is 1. The Morgan fingerprint density at radius 3 is 2.44 bits per heavy atom. The molecule has 4 heteroatoms. The highest BCUT2D eigenvalue weighted by Gasteiger charge is 2.28. The first-order chi connectivity index (χ1) is 7.29. The summed E-state index contributed by atoms with van der Waals surface area (Å²) in [4.78, 5) is 0. The summed E-state index contributed by atoms with van der Waals surface area (Å²) in [6.07, 6.45) is -5.02. The topological polar surface area (TPSA) is 26.0 Å². The van der Waals surface area contributed by atoms with Crippen molar-refractivity contribution in [2.24, 2.45) is 5.73 Å². The van der Waals surface area contributed by atoms with Gasteiger partial charge < -0.3 is 5.73 Å². The van der Waals surface area contributed by atoms with Gasteiger partial charge in [0.2, 0.25) is 0 Å². The molecule has 0 radical (unpaired) electrons. The summed E-state index contributed by atoms with van der Waals surface area (Å²) in [5.74, 6) is 0. The molecule has 0 aliphatic carbocycles. The summed E-state index contributed by atoms with van der Waals surface area (Å²) in [6.45, 7) is 3.77. The third kappa shape index (κ3) is 3.85. The van der Waals surface area contributed by atoms with Gasteiger partial charge in [0.25, 0.3) is 0 Å². The van der Waals surface area contributed by atoms with Gasteiger partial charge in [-0.1, -0.05) is 23.8 Å². The predicted molar refractivity (Wildman–Crippen MR) is 58.1 cm³/mol. The maximum Gasteiger partial charge on any atom is 0.389 e. The normalized spacial score (nSPS) is 13.9. The number of alkyl halides is 3. The van der Waals surface area contributed by atoms with Gasteiger partial charge in [-0.15, -0.1) is 0 Å². The third-order valence-electron chi connectivity index (χ3n) is 2.57. The first kappa shape index (κ1) is 13.0. The maximum absolute atomic E-state index is 12.1. The molecule has 1 nitrogen and oxygen atoms in total. The zero-order valence-corrected chi connectivity index (χ0v) is 9.43. The molecular formula is C12H16F3N. The molecule has 1 aromatic rings. The van der Waals surface area contributed by atoms with Crippen molar-refractivity contribution in [3.63, 3.8) is 0 Å². The minimum Gasteiger partial charge on any atom is -0.324 e. The molecule has 1 aromatic carbocycles. The molecule has 1 rings (SSSR count). The summed E-state index contributed by atoms with van der Waals surface area (Å²) in [5.41, 5.74) is 8.54. The van der Waals surface area contributed by atoms with Crippen molar-refractivity contribution in [2.75, 3.05) is 0 Å². The van der Waals surface area contributed by atoms with E-state index < -0.39 is 18.6 Å². The van der Waals surface area contributed by atoms with E-state index in [0.29, 0.717) is 0 Å². The van der Waals surface area contributed by atoms with Gasteiger partial charge in [0.15, 0.2) is 0 Å². The standard InChI is InChI=1S/C12H16F3N/c1-8-3-4-9(2)10(7-8)11(16)5-6-12(13,14)15/h3-4,7,11H,5-6,16H2,1-2H3. The number of hydrogen-bond donors (Lipinski definition) is 1. The largest absolute Gasteiger partial charge is 0.389 e. The fourth-order valence-electron chi connectivity index (χ4n) is 1.63. The molecule has 0 aliphatic heterocycles. The summed E-state index contributed by atoms with van der Waals surface area (Å²) in [5, 5.41) is 0. The van der Waals surface area contributed by atoms with Gasteiger partial charge in [0.1, 0.15) is 0 Å². The second-order valence-electron chi connectivity index (χ2n) is 4.12. The van der Waals surface area contributed by atoms with Crippen molar-refractivity contribution in [1.82, 2.24) is 0 Å². The molecule has 0 heterocycles. The molecule has 0 spiro atoms. The zero-order chi connectivity index (χ0) is 12.3. The second kappa shape index (κ2) is 4.87. The Balaban J connectivity index is 2.73. The van der Waals surface area contributed by atoms with Crippen molar-refractivity contribution < 1.29 is 13.2 Å². The second-order valence-corrected chi connectivity index (χ2v) is 4.12. The van der Waals surface area contributed by atoms with Gasteiger partial charge in [-0.05, 0) is 31.4 Å². The molecule has 90 valence electrons. The fourth-order valence-corrected chi connectivity index (χ4v) is 1.63. The van der Waals surface area contributed by atoms with Crippen LogP contribution in [0.1, 0.15) is 35.6 Å². The highest BCUT2D eigenvalue weighted by Crippen LogP contribution is 2.27. The van der Waals surface area contributed by atoms with Gasteiger partial charge in [-0.3, -0.25) is 0 Å². The number of halogens is 3. The minimum absolute atomic E-state index is 0.0617. The maximum atomic E-state index is 12.1. The molecule has 0 bridgehead atoms. The van der Waals surface area contributed by atoms with Crippen LogP contribution in [0.5, 0.6) is 0 Å². The van der Waals surface area contributed by atoms with Crippen LogP contribution in [0.4, 0.5) is 13.2 Å². The zero-order valence-electron chi connectivity index (χ0n) is 9.43. The molecule has 0 aromatic heterocycles.